The van der Waals surface area contributed by atoms with E-state index in [-0.39, 0.29) is 0 Å². The molecule has 3 rings (SSSR count). The lowest BCUT2D eigenvalue weighted by Gasteiger charge is -1.96. The molecule has 1 aromatic carbocycles. The fourth-order valence-corrected chi connectivity index (χ4v) is 3.55. The van der Waals surface area contributed by atoms with Gasteiger partial charge in [0.05, 0.1) is 11.9 Å². The van der Waals surface area contributed by atoms with Crippen molar-refractivity contribution in [1.82, 2.24) is 14.6 Å². The van der Waals surface area contributed by atoms with E-state index < -0.39 is 0 Å². The average molecular weight is 275 g/mol. The summed E-state index contributed by atoms with van der Waals surface area (Å²) in [5.74, 6) is 1.04. The molecule has 0 aliphatic carbocycles. The molecule has 0 N–H and O–H groups in total. The van der Waals surface area contributed by atoms with Gasteiger partial charge in [-0.25, -0.2) is 9.50 Å². The minimum Gasteiger partial charge on any atom is -0.217 e. The molecular formula is C13H13N3S2. The lowest BCUT2D eigenvalue weighted by molar-refractivity contribution is 0.915. The summed E-state index contributed by atoms with van der Waals surface area (Å²) in [7, 11) is 0. The van der Waals surface area contributed by atoms with Crippen LogP contribution in [0.3, 0.4) is 0 Å². The molecule has 0 saturated heterocycles. The third kappa shape index (κ3) is 2.15. The molecular weight excluding hydrogens is 262 g/mol. The van der Waals surface area contributed by atoms with Crippen LogP contribution in [0, 0.1) is 6.92 Å². The second-order valence-corrected chi connectivity index (χ2v) is 6.49. The van der Waals surface area contributed by atoms with Crippen LogP contribution in [0.25, 0.3) is 16.2 Å². The molecule has 0 unspecified atom stereocenters. The lowest BCUT2D eigenvalue weighted by Crippen LogP contribution is -1.81. The molecule has 3 aromatic rings. The number of nitrogens with zero attached hydrogens (tertiary/aromatic N) is 3. The predicted molar refractivity (Wildman–Crippen MR) is 77.4 cm³/mol. The molecule has 0 radical (unpaired) electrons. The van der Waals surface area contributed by atoms with E-state index in [4.69, 9.17) is 0 Å². The summed E-state index contributed by atoms with van der Waals surface area (Å²) in [6, 6.07) is 8.41. The maximum absolute atomic E-state index is 4.62. The maximum atomic E-state index is 4.62. The summed E-state index contributed by atoms with van der Waals surface area (Å²) in [5.41, 5.74) is 3.39. The highest BCUT2D eigenvalue weighted by Gasteiger charge is 2.09. The zero-order valence-electron chi connectivity index (χ0n) is 10.3. The minimum absolute atomic E-state index is 0.960. The zero-order chi connectivity index (χ0) is 12.5. The highest BCUT2D eigenvalue weighted by Crippen LogP contribution is 2.27. The molecule has 0 fully saturated rings. The zero-order valence-corrected chi connectivity index (χ0v) is 11.9. The predicted octanol–water partition coefficient (Wildman–Crippen LogP) is 3.88. The molecule has 0 saturated carbocycles. The second-order valence-electron chi connectivity index (χ2n) is 4.02. The summed E-state index contributed by atoms with van der Waals surface area (Å²) in [6.07, 6.45) is 2.00. The summed E-state index contributed by atoms with van der Waals surface area (Å²) >= 11 is 3.40. The third-order valence-corrected chi connectivity index (χ3v) is 4.58. The molecule has 0 aliphatic heterocycles. The first kappa shape index (κ1) is 11.7. The first-order valence-corrected chi connectivity index (χ1v) is 7.62. The van der Waals surface area contributed by atoms with Crippen LogP contribution in [0.4, 0.5) is 0 Å². The molecule has 0 amide bonds. The Balaban J connectivity index is 1.98. The molecule has 0 spiro atoms. The summed E-state index contributed by atoms with van der Waals surface area (Å²) < 4.78 is 2.95. The van der Waals surface area contributed by atoms with Gasteiger partial charge in [0.15, 0.2) is 4.34 Å². The van der Waals surface area contributed by atoms with E-state index in [1.165, 1.54) is 5.56 Å². The van der Waals surface area contributed by atoms with Gasteiger partial charge in [-0.15, -0.1) is 5.10 Å². The number of imidazole rings is 1. The Hall–Kier alpha value is -1.33. The fraction of sp³-hybridized carbons (Fsp3) is 0.231. The first-order valence-electron chi connectivity index (χ1n) is 5.82. The average Bonchev–Trinajstić information content (AvgIpc) is 2.88. The first-order chi connectivity index (χ1) is 8.76. The van der Waals surface area contributed by atoms with Crippen LogP contribution in [0.15, 0.2) is 34.8 Å². The minimum atomic E-state index is 0.960. The van der Waals surface area contributed by atoms with Gasteiger partial charge in [-0.2, -0.15) is 0 Å². The number of fused-ring (bicyclic) bond motifs is 1. The topological polar surface area (TPSA) is 30.2 Å². The van der Waals surface area contributed by atoms with Crippen molar-refractivity contribution < 1.29 is 0 Å². The van der Waals surface area contributed by atoms with Crippen LogP contribution in [-0.2, 0) is 0 Å². The Morgan fingerprint density at radius 1 is 1.28 bits per heavy atom. The van der Waals surface area contributed by atoms with Crippen molar-refractivity contribution in [3.63, 3.8) is 0 Å². The molecule has 3 nitrogen and oxygen atoms in total. The van der Waals surface area contributed by atoms with Gasteiger partial charge in [0.2, 0.25) is 4.96 Å². The Bertz CT molecular complexity index is 636. The highest BCUT2D eigenvalue weighted by molar-refractivity contribution is 8.01. The van der Waals surface area contributed by atoms with Crippen LogP contribution < -0.4 is 0 Å². The van der Waals surface area contributed by atoms with Crippen molar-refractivity contribution in [3.8, 4) is 11.3 Å². The van der Waals surface area contributed by atoms with Crippen molar-refractivity contribution in [2.75, 3.05) is 5.75 Å². The van der Waals surface area contributed by atoms with Crippen LogP contribution in [-0.4, -0.2) is 20.4 Å². The largest absolute Gasteiger partial charge is 0.217 e. The van der Waals surface area contributed by atoms with Gasteiger partial charge in [0.1, 0.15) is 0 Å². The fourth-order valence-electron chi connectivity index (χ4n) is 1.73. The SMILES string of the molecule is CCSc1nn2cc(-c3ccc(C)cc3)nc2s1. The number of aryl methyl sites for hydroxylation is 1. The third-order valence-electron chi connectivity index (χ3n) is 2.64. The molecule has 0 aliphatic rings. The Labute approximate surface area is 114 Å². The standard InChI is InChI=1S/C13H13N3S2/c1-3-17-13-15-16-8-11(14-12(16)18-13)10-6-4-9(2)5-7-10/h4-8H,3H2,1-2H3. The van der Waals surface area contributed by atoms with E-state index in [0.717, 1.165) is 26.3 Å². The van der Waals surface area contributed by atoms with Gasteiger partial charge in [-0.05, 0) is 12.7 Å². The summed E-state index contributed by atoms with van der Waals surface area (Å²) in [4.78, 5) is 5.58. The molecule has 2 aromatic heterocycles. The van der Waals surface area contributed by atoms with Crippen LogP contribution in [0.2, 0.25) is 0 Å². The number of aromatic nitrogens is 3. The van der Waals surface area contributed by atoms with Crippen LogP contribution in [0.1, 0.15) is 12.5 Å². The van der Waals surface area contributed by atoms with Crippen molar-refractivity contribution in [2.45, 2.75) is 18.2 Å². The Morgan fingerprint density at radius 2 is 2.06 bits per heavy atom. The quantitative estimate of drug-likeness (QED) is 0.680. The Morgan fingerprint density at radius 3 is 2.72 bits per heavy atom. The normalized spacial score (nSPS) is 11.2. The van der Waals surface area contributed by atoms with Crippen molar-refractivity contribution >= 4 is 28.1 Å². The lowest BCUT2D eigenvalue weighted by atomic mass is 10.1. The van der Waals surface area contributed by atoms with Gasteiger partial charge >= 0.3 is 0 Å². The van der Waals surface area contributed by atoms with E-state index in [2.05, 4.69) is 48.2 Å². The summed E-state index contributed by atoms with van der Waals surface area (Å²) in [5, 5.41) is 4.50. The molecule has 0 atom stereocenters. The molecule has 18 heavy (non-hydrogen) atoms. The van der Waals surface area contributed by atoms with Gasteiger partial charge in [0.25, 0.3) is 0 Å². The van der Waals surface area contributed by atoms with Gasteiger partial charge < -0.3 is 0 Å². The number of rotatable bonds is 3. The molecule has 2 heterocycles. The summed E-state index contributed by atoms with van der Waals surface area (Å²) in [6.45, 7) is 4.22. The number of thioether (sulfide) groups is 1. The molecule has 5 heteroatoms. The van der Waals surface area contributed by atoms with Gasteiger partial charge in [0, 0.05) is 5.56 Å². The Kier molecular flexibility index (Phi) is 3.09. The number of benzene rings is 1. The molecule has 92 valence electrons. The van der Waals surface area contributed by atoms with Crippen molar-refractivity contribution in [2.24, 2.45) is 0 Å². The van der Waals surface area contributed by atoms with E-state index in [9.17, 15) is 0 Å². The second kappa shape index (κ2) is 4.74. The highest BCUT2D eigenvalue weighted by atomic mass is 32.2. The maximum Gasteiger partial charge on any atom is 0.213 e. The van der Waals surface area contributed by atoms with Crippen LogP contribution in [0.5, 0.6) is 0 Å². The van der Waals surface area contributed by atoms with Crippen molar-refractivity contribution in [3.05, 3.63) is 36.0 Å². The van der Waals surface area contributed by atoms with Crippen LogP contribution >= 0.6 is 23.1 Å². The smallest absolute Gasteiger partial charge is 0.213 e. The van der Waals surface area contributed by atoms with E-state index >= 15 is 0 Å². The van der Waals surface area contributed by atoms with Gasteiger partial charge in [-0.3, -0.25) is 0 Å². The van der Waals surface area contributed by atoms with Crippen molar-refractivity contribution in [1.29, 1.82) is 0 Å². The number of hydrogen-bond acceptors (Lipinski definition) is 4. The molecule has 0 bridgehead atoms. The van der Waals surface area contributed by atoms with E-state index in [1.54, 1.807) is 23.1 Å². The van der Waals surface area contributed by atoms with E-state index in [0.29, 0.717) is 0 Å². The number of hydrogen-bond donors (Lipinski definition) is 0. The van der Waals surface area contributed by atoms with E-state index in [1.807, 2.05) is 10.7 Å². The monoisotopic (exact) mass is 275 g/mol. The van der Waals surface area contributed by atoms with Gasteiger partial charge in [-0.1, -0.05) is 59.9 Å².